The minimum absolute atomic E-state index is 0.752. The molecule has 0 fully saturated rings. The van der Waals surface area contributed by atoms with Gasteiger partial charge in [0.15, 0.2) is 0 Å². The molecule has 0 saturated carbocycles. The second kappa shape index (κ2) is 7.80. The van der Waals surface area contributed by atoms with Gasteiger partial charge in [-0.2, -0.15) is 0 Å². The van der Waals surface area contributed by atoms with E-state index in [2.05, 4.69) is 42.0 Å². The summed E-state index contributed by atoms with van der Waals surface area (Å²) in [4.78, 5) is 8.62. The summed E-state index contributed by atoms with van der Waals surface area (Å²) in [5, 5.41) is 0. The number of pyridine rings is 1. The summed E-state index contributed by atoms with van der Waals surface area (Å²) in [6.07, 6.45) is 9.42. The lowest BCUT2D eigenvalue weighted by molar-refractivity contribution is 0.485. The molecule has 98 valence electrons. The predicted octanol–water partition coefficient (Wildman–Crippen LogP) is 4.16. The van der Waals surface area contributed by atoms with E-state index in [0.717, 1.165) is 23.5 Å². The molecule has 0 radical (unpaired) electrons. The van der Waals surface area contributed by atoms with Crippen molar-refractivity contribution in [3.05, 3.63) is 35.7 Å². The molecule has 1 aromatic heterocycles. The third kappa shape index (κ3) is 4.10. The smallest absolute Gasteiger partial charge is 0.0406 e. The Hall–Kier alpha value is -1.44. The van der Waals surface area contributed by atoms with Gasteiger partial charge in [0.1, 0.15) is 0 Å². The monoisotopic (exact) mass is 244 g/mol. The predicted molar refractivity (Wildman–Crippen MR) is 80.1 cm³/mol. The van der Waals surface area contributed by atoms with Crippen LogP contribution in [0, 0.1) is 5.92 Å². The molecule has 0 bridgehead atoms. The molecule has 1 aromatic rings. The molecule has 0 aliphatic heterocycles. The maximum atomic E-state index is 4.56. The Morgan fingerprint density at radius 1 is 1.33 bits per heavy atom. The SMILES string of the molecule is C/C=C(\C=NC)c1ccc(CC(CC)CC)nc1. The van der Waals surface area contributed by atoms with E-state index in [1.807, 2.05) is 19.3 Å². The van der Waals surface area contributed by atoms with Crippen molar-refractivity contribution in [2.45, 2.75) is 40.0 Å². The van der Waals surface area contributed by atoms with Crippen LogP contribution < -0.4 is 0 Å². The van der Waals surface area contributed by atoms with Crippen LogP contribution in [0.25, 0.3) is 5.57 Å². The average molecular weight is 244 g/mol. The van der Waals surface area contributed by atoms with Gasteiger partial charge in [-0.15, -0.1) is 0 Å². The van der Waals surface area contributed by atoms with E-state index in [-0.39, 0.29) is 0 Å². The third-order valence-corrected chi connectivity index (χ3v) is 3.39. The molecule has 0 amide bonds. The fourth-order valence-electron chi connectivity index (χ4n) is 2.04. The molecule has 2 heteroatoms. The molecule has 0 aromatic carbocycles. The first-order chi connectivity index (χ1) is 8.74. The lowest BCUT2D eigenvalue weighted by Crippen LogP contribution is -2.03. The van der Waals surface area contributed by atoms with Crippen molar-refractivity contribution in [2.24, 2.45) is 10.9 Å². The molecule has 0 unspecified atom stereocenters. The number of hydrogen-bond donors (Lipinski definition) is 0. The Kier molecular flexibility index (Phi) is 6.34. The van der Waals surface area contributed by atoms with E-state index in [4.69, 9.17) is 0 Å². The topological polar surface area (TPSA) is 25.2 Å². The maximum Gasteiger partial charge on any atom is 0.0406 e. The van der Waals surface area contributed by atoms with Crippen LogP contribution in [0.1, 0.15) is 44.9 Å². The molecular weight excluding hydrogens is 220 g/mol. The molecule has 0 spiro atoms. The summed E-state index contributed by atoms with van der Waals surface area (Å²) in [5.41, 5.74) is 3.45. The van der Waals surface area contributed by atoms with E-state index in [0.29, 0.717) is 0 Å². The normalized spacial score (nSPS) is 12.6. The molecule has 0 aliphatic rings. The van der Waals surface area contributed by atoms with Crippen LogP contribution in [-0.2, 0) is 6.42 Å². The van der Waals surface area contributed by atoms with Gasteiger partial charge in [0, 0.05) is 30.7 Å². The average Bonchev–Trinajstić information content (AvgIpc) is 2.43. The molecule has 18 heavy (non-hydrogen) atoms. The van der Waals surface area contributed by atoms with Crippen molar-refractivity contribution in [3.63, 3.8) is 0 Å². The zero-order valence-corrected chi connectivity index (χ0v) is 12.0. The first-order valence-corrected chi connectivity index (χ1v) is 6.78. The van der Waals surface area contributed by atoms with Gasteiger partial charge in [0.2, 0.25) is 0 Å². The van der Waals surface area contributed by atoms with Crippen LogP contribution in [0.2, 0.25) is 0 Å². The van der Waals surface area contributed by atoms with E-state index < -0.39 is 0 Å². The van der Waals surface area contributed by atoms with E-state index in [9.17, 15) is 0 Å². The van der Waals surface area contributed by atoms with Gasteiger partial charge in [-0.05, 0) is 30.9 Å². The van der Waals surface area contributed by atoms with Crippen LogP contribution in [0.15, 0.2) is 29.4 Å². The van der Waals surface area contributed by atoms with Gasteiger partial charge in [0.25, 0.3) is 0 Å². The molecule has 2 nitrogen and oxygen atoms in total. The Morgan fingerprint density at radius 2 is 2.06 bits per heavy atom. The fourth-order valence-corrected chi connectivity index (χ4v) is 2.04. The Labute approximate surface area is 111 Å². The summed E-state index contributed by atoms with van der Waals surface area (Å²) in [6.45, 7) is 6.52. The summed E-state index contributed by atoms with van der Waals surface area (Å²) >= 11 is 0. The zero-order valence-electron chi connectivity index (χ0n) is 12.0. The van der Waals surface area contributed by atoms with Crippen LogP contribution in [0.3, 0.4) is 0 Å². The number of rotatable bonds is 6. The number of aromatic nitrogens is 1. The molecule has 0 N–H and O–H groups in total. The van der Waals surface area contributed by atoms with Crippen LogP contribution in [0.4, 0.5) is 0 Å². The lowest BCUT2D eigenvalue weighted by atomic mass is 9.97. The van der Waals surface area contributed by atoms with Crippen molar-refractivity contribution in [1.82, 2.24) is 4.98 Å². The minimum Gasteiger partial charge on any atom is -0.296 e. The second-order valence-corrected chi connectivity index (χ2v) is 4.56. The zero-order chi connectivity index (χ0) is 13.4. The van der Waals surface area contributed by atoms with Crippen molar-refractivity contribution >= 4 is 11.8 Å². The molecule has 1 heterocycles. The highest BCUT2D eigenvalue weighted by Crippen LogP contribution is 2.16. The van der Waals surface area contributed by atoms with Crippen LogP contribution in [-0.4, -0.2) is 18.2 Å². The highest BCUT2D eigenvalue weighted by atomic mass is 14.7. The second-order valence-electron chi connectivity index (χ2n) is 4.56. The molecule has 0 aliphatic carbocycles. The van der Waals surface area contributed by atoms with Crippen LogP contribution >= 0.6 is 0 Å². The van der Waals surface area contributed by atoms with Gasteiger partial charge in [-0.3, -0.25) is 9.98 Å². The fraction of sp³-hybridized carbons (Fsp3) is 0.500. The summed E-state index contributed by atoms with van der Waals surface area (Å²) in [5.74, 6) is 0.752. The van der Waals surface area contributed by atoms with E-state index in [1.165, 1.54) is 18.5 Å². The van der Waals surface area contributed by atoms with Gasteiger partial charge < -0.3 is 0 Å². The number of hydrogen-bond acceptors (Lipinski definition) is 2. The molecule has 1 rings (SSSR count). The Morgan fingerprint density at radius 3 is 2.50 bits per heavy atom. The van der Waals surface area contributed by atoms with Crippen LogP contribution in [0.5, 0.6) is 0 Å². The van der Waals surface area contributed by atoms with Crippen molar-refractivity contribution in [2.75, 3.05) is 7.05 Å². The van der Waals surface area contributed by atoms with Crippen molar-refractivity contribution in [1.29, 1.82) is 0 Å². The minimum atomic E-state index is 0.752. The molecular formula is C16H24N2. The first-order valence-electron chi connectivity index (χ1n) is 6.78. The van der Waals surface area contributed by atoms with E-state index in [1.54, 1.807) is 7.05 Å². The number of allylic oxidation sites excluding steroid dienone is 2. The Bertz CT molecular complexity index is 398. The lowest BCUT2D eigenvalue weighted by Gasteiger charge is -2.11. The quantitative estimate of drug-likeness (QED) is 0.690. The number of nitrogens with zero attached hydrogens (tertiary/aromatic N) is 2. The standard InChI is InChI=1S/C16H24N2/c1-5-13(6-2)10-16-9-8-15(12-18-16)14(7-3)11-17-4/h7-9,11-13H,5-6,10H2,1-4H3/b14-7+,17-11?. The summed E-state index contributed by atoms with van der Waals surface area (Å²) in [7, 11) is 1.79. The highest BCUT2D eigenvalue weighted by molar-refractivity contribution is 6.09. The highest BCUT2D eigenvalue weighted by Gasteiger charge is 2.06. The van der Waals surface area contributed by atoms with Crippen molar-refractivity contribution < 1.29 is 0 Å². The summed E-state index contributed by atoms with van der Waals surface area (Å²) in [6, 6.07) is 4.28. The van der Waals surface area contributed by atoms with Gasteiger partial charge in [-0.25, -0.2) is 0 Å². The Balaban J connectivity index is 2.79. The van der Waals surface area contributed by atoms with Crippen molar-refractivity contribution in [3.8, 4) is 0 Å². The first kappa shape index (κ1) is 14.6. The van der Waals surface area contributed by atoms with Gasteiger partial charge in [-0.1, -0.05) is 38.8 Å². The van der Waals surface area contributed by atoms with Gasteiger partial charge >= 0.3 is 0 Å². The third-order valence-electron chi connectivity index (χ3n) is 3.39. The number of aliphatic imine (C=N–C) groups is 1. The van der Waals surface area contributed by atoms with E-state index >= 15 is 0 Å². The molecule has 0 atom stereocenters. The largest absolute Gasteiger partial charge is 0.296 e. The van der Waals surface area contributed by atoms with Gasteiger partial charge in [0.05, 0.1) is 0 Å². The maximum absolute atomic E-state index is 4.56. The summed E-state index contributed by atoms with van der Waals surface area (Å²) < 4.78 is 0. The molecule has 0 saturated heterocycles.